The maximum Gasteiger partial charge on any atom is 0.417 e. The van der Waals surface area contributed by atoms with Crippen molar-refractivity contribution in [1.29, 1.82) is 5.26 Å². The second kappa shape index (κ2) is 9.78. The van der Waals surface area contributed by atoms with Gasteiger partial charge in [-0.1, -0.05) is 12.1 Å². The van der Waals surface area contributed by atoms with Crippen molar-refractivity contribution >= 4 is 11.6 Å². The molecule has 2 aliphatic rings. The summed E-state index contributed by atoms with van der Waals surface area (Å²) < 4.78 is 51.4. The monoisotopic (exact) mass is 487 g/mol. The first-order valence-electron chi connectivity index (χ1n) is 11.4. The van der Waals surface area contributed by atoms with E-state index in [1.165, 1.54) is 6.07 Å². The summed E-state index contributed by atoms with van der Waals surface area (Å²) in [6.07, 6.45) is -3.62. The van der Waals surface area contributed by atoms with E-state index in [1.54, 1.807) is 26.4 Å². The number of halogens is 3. The summed E-state index contributed by atoms with van der Waals surface area (Å²) in [6.45, 7) is 2.52. The normalized spacial score (nSPS) is 22.0. The highest BCUT2D eigenvalue weighted by molar-refractivity contribution is 5.79. The first kappa shape index (κ1) is 24.9. The Morgan fingerprint density at radius 2 is 2.00 bits per heavy atom. The number of nitriles is 1. The van der Waals surface area contributed by atoms with Crippen LogP contribution in [0.25, 0.3) is 0 Å². The summed E-state index contributed by atoms with van der Waals surface area (Å²) in [6, 6.07) is 12.9. The van der Waals surface area contributed by atoms with E-state index in [9.17, 15) is 18.0 Å². The molecule has 0 N–H and O–H groups in total. The molecule has 0 unspecified atom stereocenters. The van der Waals surface area contributed by atoms with E-state index >= 15 is 0 Å². The van der Waals surface area contributed by atoms with E-state index in [0.717, 1.165) is 18.1 Å². The Morgan fingerprint density at radius 1 is 1.20 bits per heavy atom. The van der Waals surface area contributed by atoms with E-state index in [4.69, 9.17) is 14.7 Å². The summed E-state index contributed by atoms with van der Waals surface area (Å²) >= 11 is 0. The molecule has 0 aliphatic carbocycles. The number of benzene rings is 2. The lowest BCUT2D eigenvalue weighted by Gasteiger charge is -2.43. The third-order valence-corrected chi connectivity index (χ3v) is 7.13. The Kier molecular flexibility index (Phi) is 6.95. The van der Waals surface area contributed by atoms with E-state index < -0.39 is 17.3 Å². The molecule has 6 nitrogen and oxygen atoms in total. The van der Waals surface area contributed by atoms with Crippen LogP contribution in [0.4, 0.5) is 18.9 Å². The molecule has 0 bridgehead atoms. The van der Waals surface area contributed by atoms with Crippen LogP contribution in [-0.2, 0) is 22.1 Å². The molecule has 2 heterocycles. The first-order valence-corrected chi connectivity index (χ1v) is 11.4. The highest BCUT2D eigenvalue weighted by atomic mass is 19.4. The number of ether oxygens (including phenoxy) is 2. The van der Waals surface area contributed by atoms with Gasteiger partial charge in [0.2, 0.25) is 5.91 Å². The Balaban J connectivity index is 1.54. The van der Waals surface area contributed by atoms with Gasteiger partial charge in [0, 0.05) is 44.4 Å². The first-order chi connectivity index (χ1) is 16.7. The molecular formula is C26H28F3N3O3. The largest absolute Gasteiger partial charge is 0.497 e. The fourth-order valence-electron chi connectivity index (χ4n) is 5.42. The summed E-state index contributed by atoms with van der Waals surface area (Å²) in [7, 11) is 3.19. The highest BCUT2D eigenvalue weighted by Gasteiger charge is 2.51. The number of amides is 1. The van der Waals surface area contributed by atoms with E-state index in [0.29, 0.717) is 44.2 Å². The lowest BCUT2D eigenvalue weighted by molar-refractivity contribution is -0.138. The Bertz CT molecular complexity index is 1130. The van der Waals surface area contributed by atoms with Crippen molar-refractivity contribution in [2.75, 3.05) is 51.9 Å². The van der Waals surface area contributed by atoms with Crippen molar-refractivity contribution in [3.63, 3.8) is 0 Å². The highest BCUT2D eigenvalue weighted by Crippen LogP contribution is 2.45. The van der Waals surface area contributed by atoms with Gasteiger partial charge < -0.3 is 19.3 Å². The minimum atomic E-state index is -4.61. The van der Waals surface area contributed by atoms with Crippen LogP contribution in [0.2, 0.25) is 0 Å². The number of carbonyl (C=O) groups excluding carboxylic acids is 1. The summed E-state index contributed by atoms with van der Waals surface area (Å²) in [5, 5.41) is 9.11. The van der Waals surface area contributed by atoms with Gasteiger partial charge in [0.15, 0.2) is 0 Å². The summed E-state index contributed by atoms with van der Waals surface area (Å²) in [4.78, 5) is 16.9. The van der Waals surface area contributed by atoms with Crippen molar-refractivity contribution in [3.05, 3.63) is 59.2 Å². The van der Waals surface area contributed by atoms with Gasteiger partial charge in [-0.2, -0.15) is 18.4 Å². The molecule has 35 heavy (non-hydrogen) atoms. The molecule has 1 amide bonds. The van der Waals surface area contributed by atoms with E-state index in [2.05, 4.69) is 0 Å². The van der Waals surface area contributed by atoms with Crippen molar-refractivity contribution in [2.45, 2.75) is 19.0 Å². The van der Waals surface area contributed by atoms with Gasteiger partial charge in [-0.05, 0) is 48.2 Å². The van der Waals surface area contributed by atoms with E-state index in [1.807, 2.05) is 34.1 Å². The quantitative estimate of drug-likeness (QED) is 0.613. The van der Waals surface area contributed by atoms with Crippen LogP contribution in [0.5, 0.6) is 5.75 Å². The Labute approximate surface area is 202 Å². The number of carbonyl (C=O) groups is 1. The lowest BCUT2D eigenvalue weighted by Crippen LogP contribution is -2.53. The molecule has 0 saturated carbocycles. The maximum atomic E-state index is 13.5. The molecular weight excluding hydrogens is 459 g/mol. The fourth-order valence-corrected chi connectivity index (χ4v) is 5.42. The topological polar surface area (TPSA) is 65.8 Å². The van der Waals surface area contributed by atoms with Crippen LogP contribution in [0, 0.1) is 22.7 Å². The minimum Gasteiger partial charge on any atom is -0.497 e. The number of methoxy groups -OCH3 is 2. The zero-order valence-corrected chi connectivity index (χ0v) is 19.8. The molecule has 0 spiro atoms. The standard InChI is InChI=1S/C26H28F3N3O3/c1-34-17-25-15-31(24(33)11-18-4-3-5-22(10-18)35-2)9-8-20(25)14-32(16-25)21-7-6-19(13-30)23(12-21)26(27,28)29/h3-7,10,12,20H,8-9,11,14-17H2,1-2H3/t20-,25+/m1/s1. The number of hydrogen-bond acceptors (Lipinski definition) is 5. The molecule has 2 aliphatic heterocycles. The fraction of sp³-hybridized carbons (Fsp3) is 0.462. The van der Waals surface area contributed by atoms with Gasteiger partial charge in [-0.15, -0.1) is 0 Å². The van der Waals surface area contributed by atoms with Gasteiger partial charge in [-0.3, -0.25) is 4.79 Å². The lowest BCUT2D eigenvalue weighted by atomic mass is 9.74. The minimum absolute atomic E-state index is 0.00311. The van der Waals surface area contributed by atoms with Gasteiger partial charge in [0.05, 0.1) is 37.3 Å². The molecule has 2 fully saturated rings. The number of nitrogens with zero attached hydrogens (tertiary/aromatic N) is 3. The van der Waals surface area contributed by atoms with Gasteiger partial charge in [0.25, 0.3) is 0 Å². The summed E-state index contributed by atoms with van der Waals surface area (Å²) in [5.74, 6) is 0.869. The van der Waals surface area contributed by atoms with Crippen molar-refractivity contribution in [2.24, 2.45) is 11.3 Å². The zero-order valence-electron chi connectivity index (χ0n) is 19.8. The Morgan fingerprint density at radius 3 is 2.69 bits per heavy atom. The predicted molar refractivity (Wildman–Crippen MR) is 124 cm³/mol. The van der Waals surface area contributed by atoms with Crippen LogP contribution < -0.4 is 9.64 Å². The predicted octanol–water partition coefficient (Wildman–Crippen LogP) is 4.13. The number of hydrogen-bond donors (Lipinski definition) is 0. The second-order valence-corrected chi connectivity index (χ2v) is 9.34. The number of likely N-dealkylation sites (tertiary alicyclic amines) is 1. The molecule has 0 aromatic heterocycles. The average molecular weight is 488 g/mol. The van der Waals surface area contributed by atoms with Gasteiger partial charge in [0.1, 0.15) is 5.75 Å². The van der Waals surface area contributed by atoms with Gasteiger partial charge >= 0.3 is 6.18 Å². The van der Waals surface area contributed by atoms with Gasteiger partial charge in [-0.25, -0.2) is 0 Å². The third kappa shape index (κ3) is 5.08. The number of piperidine rings is 1. The van der Waals surface area contributed by atoms with Crippen LogP contribution in [0.3, 0.4) is 0 Å². The van der Waals surface area contributed by atoms with Crippen molar-refractivity contribution < 1.29 is 27.4 Å². The Hall–Kier alpha value is -3.25. The van der Waals surface area contributed by atoms with Crippen molar-refractivity contribution in [3.8, 4) is 11.8 Å². The number of alkyl halides is 3. The van der Waals surface area contributed by atoms with Crippen LogP contribution in [0.1, 0.15) is 23.1 Å². The number of anilines is 1. The molecule has 186 valence electrons. The zero-order chi connectivity index (χ0) is 25.2. The second-order valence-electron chi connectivity index (χ2n) is 9.34. The molecule has 0 radical (unpaired) electrons. The van der Waals surface area contributed by atoms with Crippen LogP contribution in [0.15, 0.2) is 42.5 Å². The molecule has 2 aromatic carbocycles. The molecule has 2 atom stereocenters. The van der Waals surface area contributed by atoms with Crippen LogP contribution >= 0.6 is 0 Å². The smallest absolute Gasteiger partial charge is 0.417 e. The average Bonchev–Trinajstić information content (AvgIpc) is 3.22. The molecule has 2 saturated heterocycles. The third-order valence-electron chi connectivity index (χ3n) is 7.13. The van der Waals surface area contributed by atoms with E-state index in [-0.39, 0.29) is 23.7 Å². The molecule has 9 heteroatoms. The molecule has 4 rings (SSSR count). The SMILES string of the molecule is COC[C@@]12CN(C(=O)Cc3cccc(OC)c3)CC[C@@H]1CN(c1ccc(C#N)c(C(F)(F)F)c1)C2. The number of rotatable bonds is 6. The number of fused-ring (bicyclic) bond motifs is 1. The molecule has 2 aromatic rings. The maximum absolute atomic E-state index is 13.5. The van der Waals surface area contributed by atoms with Crippen LogP contribution in [-0.4, -0.2) is 57.8 Å². The summed E-state index contributed by atoms with van der Waals surface area (Å²) in [5.41, 5.74) is -0.413. The van der Waals surface area contributed by atoms with Crippen molar-refractivity contribution in [1.82, 2.24) is 4.90 Å².